The fraction of sp³-hybridized carbons (Fsp3) is 0.269. The largest absolute Gasteiger partial charge is 0.469 e. The zero-order valence-corrected chi connectivity index (χ0v) is 19.3. The van der Waals surface area contributed by atoms with Crippen molar-refractivity contribution in [1.29, 1.82) is 0 Å². The van der Waals surface area contributed by atoms with Gasteiger partial charge in [-0.05, 0) is 29.7 Å². The third-order valence-corrected chi connectivity index (χ3v) is 5.56. The van der Waals surface area contributed by atoms with Crippen LogP contribution in [0.15, 0.2) is 60.7 Å². The van der Waals surface area contributed by atoms with Gasteiger partial charge in [0.1, 0.15) is 0 Å². The number of fused-ring (bicyclic) bond motifs is 2. The Morgan fingerprint density at radius 1 is 0.824 bits per heavy atom. The monoisotopic (exact) mass is 464 g/mol. The highest BCUT2D eigenvalue weighted by atomic mass is 16.5. The number of aliphatic hydroxyl groups excluding tert-OH is 1. The molecule has 34 heavy (non-hydrogen) atoms. The van der Waals surface area contributed by atoms with Crippen molar-refractivity contribution in [3.05, 3.63) is 72.1 Å². The molecule has 2 aromatic heterocycles. The van der Waals surface area contributed by atoms with Crippen molar-refractivity contribution in [3.8, 4) is 0 Å². The molecule has 0 spiro atoms. The predicted octanol–water partition coefficient (Wildman–Crippen LogP) is 3.71. The van der Waals surface area contributed by atoms with E-state index in [0.29, 0.717) is 25.2 Å². The molecular formula is C26H28N2O6. The van der Waals surface area contributed by atoms with Crippen LogP contribution in [0.4, 0.5) is 0 Å². The van der Waals surface area contributed by atoms with Gasteiger partial charge in [-0.15, -0.1) is 0 Å². The highest BCUT2D eigenvalue weighted by molar-refractivity contribution is 5.89. The molecule has 8 heteroatoms. The quantitative estimate of drug-likeness (QED) is 0.315. The van der Waals surface area contributed by atoms with Crippen molar-refractivity contribution in [3.63, 3.8) is 0 Å². The summed E-state index contributed by atoms with van der Waals surface area (Å²) >= 11 is 0. The van der Waals surface area contributed by atoms with Gasteiger partial charge >= 0.3 is 11.9 Å². The number of aliphatic hydroxyl groups is 1. The van der Waals surface area contributed by atoms with Gasteiger partial charge in [0, 0.05) is 35.2 Å². The van der Waals surface area contributed by atoms with E-state index in [1.54, 1.807) is 0 Å². The van der Waals surface area contributed by atoms with Crippen LogP contribution in [0.2, 0.25) is 0 Å². The molecule has 0 aliphatic carbocycles. The smallest absolute Gasteiger partial charge is 0.307 e. The lowest BCUT2D eigenvalue weighted by Crippen LogP contribution is -2.09. The van der Waals surface area contributed by atoms with Crippen LogP contribution in [0, 0.1) is 0 Å². The third-order valence-electron chi connectivity index (χ3n) is 5.56. The zero-order chi connectivity index (χ0) is 24.5. The van der Waals surface area contributed by atoms with E-state index in [1.807, 2.05) is 69.8 Å². The molecule has 4 aromatic rings. The average molecular weight is 465 g/mol. The van der Waals surface area contributed by atoms with E-state index in [4.69, 9.17) is 0 Å². The molecule has 0 saturated heterocycles. The van der Waals surface area contributed by atoms with E-state index < -0.39 is 0 Å². The molecule has 0 saturated carbocycles. The van der Waals surface area contributed by atoms with Crippen molar-refractivity contribution in [1.82, 2.24) is 9.13 Å². The summed E-state index contributed by atoms with van der Waals surface area (Å²) < 4.78 is 13.0. The second-order valence-corrected chi connectivity index (χ2v) is 7.55. The fourth-order valence-corrected chi connectivity index (χ4v) is 3.85. The van der Waals surface area contributed by atoms with Crippen LogP contribution in [0.5, 0.6) is 0 Å². The van der Waals surface area contributed by atoms with Gasteiger partial charge in [-0.2, -0.15) is 0 Å². The molecule has 0 unspecified atom stereocenters. The van der Waals surface area contributed by atoms with Gasteiger partial charge in [0.15, 0.2) is 6.29 Å². The Labute approximate surface area is 197 Å². The van der Waals surface area contributed by atoms with E-state index in [1.165, 1.54) is 14.2 Å². The van der Waals surface area contributed by atoms with Gasteiger partial charge < -0.3 is 23.7 Å². The molecule has 178 valence electrons. The Kier molecular flexibility index (Phi) is 8.59. The van der Waals surface area contributed by atoms with Gasteiger partial charge in [-0.3, -0.25) is 14.4 Å². The molecule has 1 N–H and O–H groups in total. The lowest BCUT2D eigenvalue weighted by molar-refractivity contribution is -0.141. The maximum Gasteiger partial charge on any atom is 0.307 e. The molecule has 0 amide bonds. The van der Waals surface area contributed by atoms with Gasteiger partial charge in [-0.25, -0.2) is 0 Å². The van der Waals surface area contributed by atoms with Gasteiger partial charge in [0.2, 0.25) is 0 Å². The summed E-state index contributed by atoms with van der Waals surface area (Å²) in [6.07, 6.45) is 1.37. The second-order valence-electron chi connectivity index (χ2n) is 7.55. The molecule has 0 fully saturated rings. The summed E-state index contributed by atoms with van der Waals surface area (Å²) in [4.78, 5) is 33.2. The Morgan fingerprint density at radius 2 is 1.32 bits per heavy atom. The number of benzene rings is 2. The lowest BCUT2D eigenvalue weighted by atomic mass is 10.2. The van der Waals surface area contributed by atoms with Crippen molar-refractivity contribution in [2.24, 2.45) is 0 Å². The van der Waals surface area contributed by atoms with Crippen molar-refractivity contribution >= 4 is 40.0 Å². The Balaban J connectivity index is 0.000000191. The summed E-state index contributed by atoms with van der Waals surface area (Å²) in [6, 6.07) is 19.3. The van der Waals surface area contributed by atoms with E-state index in [-0.39, 0.29) is 25.0 Å². The van der Waals surface area contributed by atoms with Crippen molar-refractivity contribution < 1.29 is 29.0 Å². The number of esters is 2. The number of rotatable bonds is 8. The Hall–Kier alpha value is -3.91. The maximum atomic E-state index is 11.1. The highest BCUT2D eigenvalue weighted by Gasteiger charge is 2.10. The number of aryl methyl sites for hydroxylation is 2. The molecule has 0 atom stereocenters. The predicted molar refractivity (Wildman–Crippen MR) is 128 cm³/mol. The molecular weight excluding hydrogens is 436 g/mol. The topological polar surface area (TPSA) is 99.8 Å². The summed E-state index contributed by atoms with van der Waals surface area (Å²) in [7, 11) is 2.74. The molecule has 0 radical (unpaired) electrons. The number of aromatic nitrogens is 2. The second kappa shape index (κ2) is 11.8. The van der Waals surface area contributed by atoms with Crippen LogP contribution in [0.25, 0.3) is 21.8 Å². The zero-order valence-electron chi connectivity index (χ0n) is 19.3. The van der Waals surface area contributed by atoms with Crippen LogP contribution in [0.1, 0.15) is 29.0 Å². The molecule has 0 aliphatic rings. The maximum absolute atomic E-state index is 11.1. The first-order valence-corrected chi connectivity index (χ1v) is 10.9. The Bertz CT molecular complexity index is 1290. The minimum Gasteiger partial charge on any atom is -0.469 e. The summed E-state index contributed by atoms with van der Waals surface area (Å²) in [6.45, 7) is 0.945. The van der Waals surface area contributed by atoms with Crippen molar-refractivity contribution in [2.45, 2.75) is 32.5 Å². The number of hydrogen-bond donors (Lipinski definition) is 1. The number of nitrogens with zero attached hydrogens (tertiary/aromatic N) is 2. The highest BCUT2D eigenvalue weighted by Crippen LogP contribution is 2.21. The lowest BCUT2D eigenvalue weighted by Gasteiger charge is -2.08. The Morgan fingerprint density at radius 3 is 1.85 bits per heavy atom. The van der Waals surface area contributed by atoms with Crippen molar-refractivity contribution in [2.75, 3.05) is 14.2 Å². The number of methoxy groups -OCH3 is 2. The minimum absolute atomic E-state index is 0.0319. The minimum atomic E-state index is -0.278. The van der Waals surface area contributed by atoms with E-state index in [0.717, 1.165) is 33.8 Å². The molecule has 0 aliphatic heterocycles. The first-order valence-electron chi connectivity index (χ1n) is 10.9. The van der Waals surface area contributed by atoms with Gasteiger partial charge in [0.05, 0.1) is 39.4 Å². The first kappa shape index (κ1) is 24.7. The SMILES string of the molecule is COC(=O)CCn1c(C=O)cc2ccccc21.COC(=O)CCn1c(CO)cc2ccccc21. The normalized spacial score (nSPS) is 10.6. The number of aldehydes is 1. The fourth-order valence-electron chi connectivity index (χ4n) is 3.85. The third kappa shape index (κ3) is 5.71. The van der Waals surface area contributed by atoms with Crippen LogP contribution in [-0.2, 0) is 38.8 Å². The summed E-state index contributed by atoms with van der Waals surface area (Å²) in [5.74, 6) is -0.522. The summed E-state index contributed by atoms with van der Waals surface area (Å²) in [5.41, 5.74) is 3.38. The van der Waals surface area contributed by atoms with Gasteiger partial charge in [0.25, 0.3) is 0 Å². The number of carbonyl (C=O) groups excluding carboxylic acids is 3. The number of ether oxygens (including phenoxy) is 2. The standard InChI is InChI=1S/C13H15NO3.C13H13NO3/c2*1-17-13(16)6-7-14-11(9-15)8-10-4-2-3-5-12(10)14/h2-5,8,15H,6-7,9H2,1H3;2-5,8-9H,6-7H2,1H3. The number of para-hydroxylation sites is 2. The first-order chi connectivity index (χ1) is 16.5. The summed E-state index contributed by atoms with van der Waals surface area (Å²) in [5, 5.41) is 11.4. The van der Waals surface area contributed by atoms with Crippen LogP contribution < -0.4 is 0 Å². The van der Waals surface area contributed by atoms with Crippen LogP contribution >= 0.6 is 0 Å². The molecule has 4 rings (SSSR count). The van der Waals surface area contributed by atoms with E-state index in [9.17, 15) is 19.5 Å². The van der Waals surface area contributed by atoms with Crippen LogP contribution in [-0.4, -0.2) is 46.7 Å². The van der Waals surface area contributed by atoms with Crippen LogP contribution in [0.3, 0.4) is 0 Å². The molecule has 0 bridgehead atoms. The molecule has 2 aromatic carbocycles. The molecule has 2 heterocycles. The van der Waals surface area contributed by atoms with E-state index >= 15 is 0 Å². The van der Waals surface area contributed by atoms with Gasteiger partial charge in [-0.1, -0.05) is 36.4 Å². The van der Waals surface area contributed by atoms with E-state index in [2.05, 4.69) is 9.47 Å². The number of hydrogen-bond acceptors (Lipinski definition) is 6. The molecule has 8 nitrogen and oxygen atoms in total. The average Bonchev–Trinajstić information content (AvgIpc) is 3.43. The number of carbonyl (C=O) groups is 3.